The molecule has 0 radical (unpaired) electrons. The maximum atomic E-state index is 13.7. The number of nitrogens with two attached hydrogens (primary N) is 1. The van der Waals surface area contributed by atoms with Crippen molar-refractivity contribution in [2.75, 3.05) is 39.5 Å². The molecule has 2 aliphatic heterocycles. The van der Waals surface area contributed by atoms with Crippen LogP contribution < -0.4 is 10.5 Å². The van der Waals surface area contributed by atoms with Crippen molar-refractivity contribution in [1.29, 1.82) is 0 Å². The molecule has 1 saturated heterocycles. The van der Waals surface area contributed by atoms with Gasteiger partial charge in [-0.15, -0.1) is 0 Å². The van der Waals surface area contributed by atoms with E-state index in [2.05, 4.69) is 4.90 Å². The van der Waals surface area contributed by atoms with Gasteiger partial charge in [0.1, 0.15) is 11.6 Å². The Kier molecular flexibility index (Phi) is 3.92. The van der Waals surface area contributed by atoms with Crippen molar-refractivity contribution < 1.29 is 13.9 Å². The minimum absolute atomic E-state index is 0.236. The molecule has 2 N–H and O–H groups in total. The van der Waals surface area contributed by atoms with Crippen LogP contribution in [-0.2, 0) is 10.3 Å². The summed E-state index contributed by atoms with van der Waals surface area (Å²) in [5, 5.41) is 0. The molecule has 4 nitrogen and oxygen atoms in total. The summed E-state index contributed by atoms with van der Waals surface area (Å²) in [4.78, 5) is 2.34. The SMILES string of the molecule is NCC1(N2CCOCC2)CCCOc2ccc(F)cc21. The van der Waals surface area contributed by atoms with E-state index in [1.165, 1.54) is 6.07 Å². The van der Waals surface area contributed by atoms with Gasteiger partial charge in [0.15, 0.2) is 0 Å². The topological polar surface area (TPSA) is 47.7 Å². The lowest BCUT2D eigenvalue weighted by Crippen LogP contribution is -2.55. The van der Waals surface area contributed by atoms with Crippen LogP contribution in [0.25, 0.3) is 0 Å². The summed E-state index contributed by atoms with van der Waals surface area (Å²) in [7, 11) is 0. The monoisotopic (exact) mass is 280 g/mol. The third-order valence-electron chi connectivity index (χ3n) is 4.39. The summed E-state index contributed by atoms with van der Waals surface area (Å²) >= 11 is 0. The van der Waals surface area contributed by atoms with Crippen LogP contribution in [-0.4, -0.2) is 44.4 Å². The maximum absolute atomic E-state index is 13.7. The molecule has 1 fully saturated rings. The van der Waals surface area contributed by atoms with Gasteiger partial charge in [-0.1, -0.05) is 0 Å². The van der Waals surface area contributed by atoms with Crippen LogP contribution in [0.15, 0.2) is 18.2 Å². The molecule has 2 aliphatic rings. The van der Waals surface area contributed by atoms with Gasteiger partial charge in [-0.2, -0.15) is 0 Å². The molecule has 0 bridgehead atoms. The second-order valence-electron chi connectivity index (χ2n) is 5.43. The quantitative estimate of drug-likeness (QED) is 0.891. The first-order valence-electron chi connectivity index (χ1n) is 7.22. The summed E-state index contributed by atoms with van der Waals surface area (Å²) in [5.74, 6) is 0.529. The summed E-state index contributed by atoms with van der Waals surface area (Å²) < 4.78 is 24.9. The number of hydrogen-bond acceptors (Lipinski definition) is 4. The van der Waals surface area contributed by atoms with Crippen LogP contribution in [0, 0.1) is 5.82 Å². The van der Waals surface area contributed by atoms with Crippen molar-refractivity contribution in [2.45, 2.75) is 18.4 Å². The zero-order valence-corrected chi connectivity index (χ0v) is 11.6. The Morgan fingerprint density at radius 2 is 2.05 bits per heavy atom. The lowest BCUT2D eigenvalue weighted by molar-refractivity contribution is -0.0253. The highest BCUT2D eigenvalue weighted by atomic mass is 19.1. The largest absolute Gasteiger partial charge is 0.493 e. The van der Waals surface area contributed by atoms with Gasteiger partial charge in [-0.25, -0.2) is 4.39 Å². The molecule has 110 valence electrons. The number of hydrogen-bond donors (Lipinski definition) is 1. The predicted octanol–water partition coefficient (Wildman–Crippen LogP) is 1.48. The summed E-state index contributed by atoms with van der Waals surface area (Å²) in [6.45, 7) is 4.18. The third kappa shape index (κ3) is 2.30. The summed E-state index contributed by atoms with van der Waals surface area (Å²) in [6.07, 6.45) is 1.81. The zero-order chi connectivity index (χ0) is 14.0. The molecule has 0 saturated carbocycles. The van der Waals surface area contributed by atoms with Crippen LogP contribution in [0.2, 0.25) is 0 Å². The van der Waals surface area contributed by atoms with E-state index in [1.54, 1.807) is 12.1 Å². The van der Waals surface area contributed by atoms with Gasteiger partial charge in [0, 0.05) is 25.2 Å². The molecule has 5 heteroatoms. The first-order chi connectivity index (χ1) is 9.76. The summed E-state index contributed by atoms with van der Waals surface area (Å²) in [6, 6.07) is 4.76. The van der Waals surface area contributed by atoms with Gasteiger partial charge in [-0.05, 0) is 31.0 Å². The number of fused-ring (bicyclic) bond motifs is 1. The molecule has 0 aliphatic carbocycles. The lowest BCUT2D eigenvalue weighted by Gasteiger charge is -2.45. The predicted molar refractivity (Wildman–Crippen MR) is 74.3 cm³/mol. The normalized spacial score (nSPS) is 27.5. The minimum atomic E-state index is -0.336. The number of benzene rings is 1. The highest BCUT2D eigenvalue weighted by molar-refractivity contribution is 5.41. The highest BCUT2D eigenvalue weighted by Gasteiger charge is 2.41. The third-order valence-corrected chi connectivity index (χ3v) is 4.39. The van der Waals surface area contributed by atoms with E-state index in [0.29, 0.717) is 26.4 Å². The minimum Gasteiger partial charge on any atom is -0.493 e. The molecule has 1 atom stereocenters. The Bertz CT molecular complexity index is 477. The van der Waals surface area contributed by atoms with Gasteiger partial charge < -0.3 is 15.2 Å². The fourth-order valence-corrected chi connectivity index (χ4v) is 3.33. The Morgan fingerprint density at radius 3 is 2.80 bits per heavy atom. The molecule has 2 heterocycles. The maximum Gasteiger partial charge on any atom is 0.124 e. The fourth-order valence-electron chi connectivity index (χ4n) is 3.33. The molecule has 20 heavy (non-hydrogen) atoms. The number of morpholine rings is 1. The molecule has 0 amide bonds. The molecular formula is C15H21FN2O2. The standard InChI is InChI=1S/C15H21FN2O2/c16-12-2-3-14-13(10-12)15(11-17,4-1-7-20-14)18-5-8-19-9-6-18/h2-3,10H,1,4-9,11,17H2. The van der Waals surface area contributed by atoms with E-state index in [0.717, 1.165) is 37.2 Å². The van der Waals surface area contributed by atoms with Crippen molar-refractivity contribution >= 4 is 0 Å². The van der Waals surface area contributed by atoms with E-state index in [1.807, 2.05) is 0 Å². The van der Waals surface area contributed by atoms with Crippen molar-refractivity contribution in [2.24, 2.45) is 5.73 Å². The summed E-state index contributed by atoms with van der Waals surface area (Å²) in [5.41, 5.74) is 6.70. The highest BCUT2D eigenvalue weighted by Crippen LogP contribution is 2.41. The van der Waals surface area contributed by atoms with Crippen molar-refractivity contribution in [3.8, 4) is 5.75 Å². The Hall–Kier alpha value is -1.17. The Balaban J connectivity index is 2.06. The molecule has 1 aromatic carbocycles. The van der Waals surface area contributed by atoms with Crippen LogP contribution in [0.4, 0.5) is 4.39 Å². The first kappa shape index (κ1) is 13.8. The van der Waals surface area contributed by atoms with Crippen LogP contribution in [0.3, 0.4) is 0 Å². The molecule has 1 unspecified atom stereocenters. The second kappa shape index (κ2) is 5.68. The van der Waals surface area contributed by atoms with Crippen molar-refractivity contribution in [3.05, 3.63) is 29.6 Å². The van der Waals surface area contributed by atoms with Crippen LogP contribution >= 0.6 is 0 Å². The number of ether oxygens (including phenoxy) is 2. The lowest BCUT2D eigenvalue weighted by atomic mass is 9.83. The van der Waals surface area contributed by atoms with E-state index >= 15 is 0 Å². The molecule has 1 aromatic rings. The van der Waals surface area contributed by atoms with Gasteiger partial charge in [-0.3, -0.25) is 4.90 Å². The average Bonchev–Trinajstić information content (AvgIpc) is 2.68. The van der Waals surface area contributed by atoms with Crippen molar-refractivity contribution in [3.63, 3.8) is 0 Å². The molecule has 0 aromatic heterocycles. The molecule has 0 spiro atoms. The number of nitrogens with zero attached hydrogens (tertiary/aromatic N) is 1. The van der Waals surface area contributed by atoms with E-state index < -0.39 is 0 Å². The Morgan fingerprint density at radius 1 is 1.25 bits per heavy atom. The molecular weight excluding hydrogens is 259 g/mol. The molecule has 3 rings (SSSR count). The van der Waals surface area contributed by atoms with Gasteiger partial charge >= 0.3 is 0 Å². The zero-order valence-electron chi connectivity index (χ0n) is 11.6. The van der Waals surface area contributed by atoms with Crippen molar-refractivity contribution in [1.82, 2.24) is 4.90 Å². The van der Waals surface area contributed by atoms with Crippen LogP contribution in [0.1, 0.15) is 18.4 Å². The average molecular weight is 280 g/mol. The van der Waals surface area contributed by atoms with E-state index in [-0.39, 0.29) is 11.4 Å². The second-order valence-corrected chi connectivity index (χ2v) is 5.43. The smallest absolute Gasteiger partial charge is 0.124 e. The number of halogens is 1. The first-order valence-corrected chi connectivity index (χ1v) is 7.22. The fraction of sp³-hybridized carbons (Fsp3) is 0.600. The van der Waals surface area contributed by atoms with E-state index in [9.17, 15) is 4.39 Å². The Labute approximate surface area is 118 Å². The van der Waals surface area contributed by atoms with Gasteiger partial charge in [0.05, 0.1) is 25.4 Å². The van der Waals surface area contributed by atoms with Gasteiger partial charge in [0.25, 0.3) is 0 Å². The van der Waals surface area contributed by atoms with Crippen LogP contribution in [0.5, 0.6) is 5.75 Å². The number of rotatable bonds is 2. The van der Waals surface area contributed by atoms with Gasteiger partial charge in [0.2, 0.25) is 0 Å². The van der Waals surface area contributed by atoms with E-state index in [4.69, 9.17) is 15.2 Å².